The monoisotopic (exact) mass is 326 g/mol. The zero-order valence-corrected chi connectivity index (χ0v) is 13.9. The maximum Gasteiger partial charge on any atom is 0.287 e. The largest absolute Gasteiger partial charge is 0.346 e. The van der Waals surface area contributed by atoms with Crippen LogP contribution in [0, 0.1) is 5.92 Å². The van der Waals surface area contributed by atoms with Crippen LogP contribution in [0.4, 0.5) is 0 Å². The number of nitrogens with one attached hydrogen (secondary N) is 1. The van der Waals surface area contributed by atoms with Gasteiger partial charge >= 0.3 is 0 Å². The van der Waals surface area contributed by atoms with Gasteiger partial charge in [0.2, 0.25) is 5.82 Å². The Balaban J connectivity index is 1.97. The van der Waals surface area contributed by atoms with Gasteiger partial charge in [0.1, 0.15) is 0 Å². The molecule has 3 heterocycles. The van der Waals surface area contributed by atoms with Crippen LogP contribution in [0.1, 0.15) is 40.9 Å². The number of carbonyl (C=O) groups excluding carboxylic acids is 2. The zero-order chi connectivity index (χ0) is 17.1. The van der Waals surface area contributed by atoms with E-state index in [-0.39, 0.29) is 17.6 Å². The van der Waals surface area contributed by atoms with Gasteiger partial charge in [0.25, 0.3) is 11.8 Å². The van der Waals surface area contributed by atoms with Crippen LogP contribution >= 0.6 is 0 Å². The van der Waals surface area contributed by atoms with E-state index in [0.29, 0.717) is 23.7 Å². The van der Waals surface area contributed by atoms with Gasteiger partial charge in [-0.25, -0.2) is 4.98 Å². The zero-order valence-electron chi connectivity index (χ0n) is 13.9. The molecule has 2 amide bonds. The van der Waals surface area contributed by atoms with Crippen molar-refractivity contribution < 1.29 is 9.59 Å². The summed E-state index contributed by atoms with van der Waals surface area (Å²) in [5.74, 6) is 0.294. The number of likely N-dealkylation sites (tertiary alicyclic amines) is 1. The highest BCUT2D eigenvalue weighted by Crippen LogP contribution is 2.20. The fraction of sp³-hybridized carbons (Fsp3) is 0.389. The number of hydrogen-bond acceptors (Lipinski definition) is 3. The lowest BCUT2D eigenvalue weighted by Gasteiger charge is -2.30. The molecule has 0 aliphatic carbocycles. The Hall–Kier alpha value is -2.63. The lowest BCUT2D eigenvalue weighted by atomic mass is 10.00. The molecule has 0 saturated carbocycles. The van der Waals surface area contributed by atoms with E-state index in [1.807, 2.05) is 23.1 Å². The summed E-state index contributed by atoms with van der Waals surface area (Å²) in [6, 6.07) is 5.48. The predicted molar refractivity (Wildman–Crippen MR) is 92.0 cm³/mol. The highest BCUT2D eigenvalue weighted by atomic mass is 16.2. The quantitative estimate of drug-likeness (QED) is 0.875. The normalized spacial score (nSPS) is 17.7. The number of rotatable bonds is 4. The molecule has 1 atom stereocenters. The number of pyridine rings is 1. The molecule has 1 unspecified atom stereocenters. The molecule has 126 valence electrons. The second-order valence-electron chi connectivity index (χ2n) is 6.24. The molecule has 0 spiro atoms. The summed E-state index contributed by atoms with van der Waals surface area (Å²) in [4.78, 5) is 31.4. The molecule has 1 aliphatic rings. The minimum absolute atomic E-state index is 0.104. The number of nitrogens with zero attached hydrogens (tertiary/aromatic N) is 3. The van der Waals surface area contributed by atoms with Gasteiger partial charge in [-0.05, 0) is 30.9 Å². The van der Waals surface area contributed by atoms with Crippen LogP contribution in [0.2, 0.25) is 0 Å². The number of aromatic nitrogens is 2. The number of amides is 2. The number of imidazole rings is 1. The van der Waals surface area contributed by atoms with Crippen molar-refractivity contribution in [3.05, 3.63) is 48.6 Å². The van der Waals surface area contributed by atoms with E-state index in [2.05, 4.69) is 23.8 Å². The van der Waals surface area contributed by atoms with Gasteiger partial charge in [-0.3, -0.25) is 14.0 Å². The Labute approximate surface area is 141 Å². The van der Waals surface area contributed by atoms with Crippen molar-refractivity contribution in [3.8, 4) is 0 Å². The second kappa shape index (κ2) is 6.86. The van der Waals surface area contributed by atoms with Crippen molar-refractivity contribution >= 4 is 17.3 Å². The summed E-state index contributed by atoms with van der Waals surface area (Å²) in [5.41, 5.74) is 0.998. The summed E-state index contributed by atoms with van der Waals surface area (Å²) in [6.07, 6.45) is 5.50. The first-order chi connectivity index (χ1) is 11.6. The molecule has 0 radical (unpaired) electrons. The third-order valence-corrected chi connectivity index (χ3v) is 4.31. The molecule has 1 fully saturated rings. The van der Waals surface area contributed by atoms with E-state index in [0.717, 1.165) is 25.9 Å². The van der Waals surface area contributed by atoms with Crippen molar-refractivity contribution in [1.82, 2.24) is 19.6 Å². The smallest absolute Gasteiger partial charge is 0.287 e. The molecule has 24 heavy (non-hydrogen) atoms. The van der Waals surface area contributed by atoms with Gasteiger partial charge < -0.3 is 10.2 Å². The Bertz CT molecular complexity index is 780. The number of carbonyl (C=O) groups is 2. The average molecular weight is 326 g/mol. The first-order valence-electron chi connectivity index (χ1n) is 8.27. The van der Waals surface area contributed by atoms with Gasteiger partial charge in [-0.2, -0.15) is 0 Å². The molecule has 3 rings (SSSR count). The summed E-state index contributed by atoms with van der Waals surface area (Å²) >= 11 is 0. The maximum absolute atomic E-state index is 12.9. The summed E-state index contributed by atoms with van der Waals surface area (Å²) in [7, 11) is 0. The van der Waals surface area contributed by atoms with Gasteiger partial charge in [0, 0.05) is 25.8 Å². The van der Waals surface area contributed by atoms with Crippen LogP contribution < -0.4 is 5.32 Å². The number of piperidine rings is 1. The van der Waals surface area contributed by atoms with Gasteiger partial charge in [0.05, 0.1) is 5.52 Å². The SMILES string of the molecule is C=CCNC(=O)c1nc(C(=O)N2CCCC(C)C2)c2ccccn12. The van der Waals surface area contributed by atoms with Crippen LogP contribution in [0.5, 0.6) is 0 Å². The molecule has 2 aromatic rings. The fourth-order valence-corrected chi connectivity index (χ4v) is 3.12. The van der Waals surface area contributed by atoms with Crippen molar-refractivity contribution in [1.29, 1.82) is 0 Å². The molecule has 6 nitrogen and oxygen atoms in total. The topological polar surface area (TPSA) is 66.7 Å². The van der Waals surface area contributed by atoms with Crippen molar-refractivity contribution in [2.45, 2.75) is 19.8 Å². The predicted octanol–water partition coefficient (Wildman–Crippen LogP) is 2.12. The van der Waals surface area contributed by atoms with E-state index in [1.165, 1.54) is 0 Å². The molecule has 1 aliphatic heterocycles. The number of fused-ring (bicyclic) bond motifs is 1. The third-order valence-electron chi connectivity index (χ3n) is 4.31. The first kappa shape index (κ1) is 16.2. The minimum Gasteiger partial charge on any atom is -0.346 e. The van der Waals surface area contributed by atoms with Crippen molar-refractivity contribution in [2.75, 3.05) is 19.6 Å². The van der Waals surface area contributed by atoms with Crippen molar-refractivity contribution in [2.24, 2.45) is 5.92 Å². The Morgan fingerprint density at radius 3 is 3.04 bits per heavy atom. The molecule has 0 bridgehead atoms. The molecule has 0 aromatic carbocycles. The summed E-state index contributed by atoms with van der Waals surface area (Å²) in [5, 5.41) is 2.71. The number of hydrogen-bond donors (Lipinski definition) is 1. The maximum atomic E-state index is 12.9. The highest BCUT2D eigenvalue weighted by Gasteiger charge is 2.27. The molecular formula is C18H22N4O2. The standard InChI is InChI=1S/C18H22N4O2/c1-3-9-19-17(23)16-20-15(14-8-4-5-11-22(14)16)18(24)21-10-6-7-13(2)12-21/h3-5,8,11,13H,1,6-7,9-10,12H2,2H3,(H,19,23). The lowest BCUT2D eigenvalue weighted by molar-refractivity contribution is 0.0679. The summed E-state index contributed by atoms with van der Waals surface area (Å²) < 4.78 is 1.67. The van der Waals surface area contributed by atoms with Gasteiger partial charge in [0.15, 0.2) is 5.69 Å². The van der Waals surface area contributed by atoms with E-state index >= 15 is 0 Å². The van der Waals surface area contributed by atoms with Crippen LogP contribution in [0.25, 0.3) is 5.52 Å². The molecular weight excluding hydrogens is 304 g/mol. The first-order valence-corrected chi connectivity index (χ1v) is 8.27. The van der Waals surface area contributed by atoms with Crippen LogP contribution in [-0.4, -0.2) is 45.7 Å². The van der Waals surface area contributed by atoms with E-state index in [1.54, 1.807) is 16.7 Å². The summed E-state index contributed by atoms with van der Waals surface area (Å²) in [6.45, 7) is 7.58. The van der Waals surface area contributed by atoms with E-state index < -0.39 is 0 Å². The molecule has 2 aromatic heterocycles. The molecule has 1 N–H and O–H groups in total. The Kier molecular flexibility index (Phi) is 4.64. The van der Waals surface area contributed by atoms with Crippen LogP contribution in [0.15, 0.2) is 37.1 Å². The Morgan fingerprint density at radius 1 is 1.46 bits per heavy atom. The molecule has 6 heteroatoms. The lowest BCUT2D eigenvalue weighted by Crippen LogP contribution is -2.39. The van der Waals surface area contributed by atoms with Crippen LogP contribution in [-0.2, 0) is 0 Å². The van der Waals surface area contributed by atoms with Crippen molar-refractivity contribution in [3.63, 3.8) is 0 Å². The minimum atomic E-state index is -0.317. The second-order valence-corrected chi connectivity index (χ2v) is 6.24. The van der Waals surface area contributed by atoms with Gasteiger partial charge in [-0.1, -0.05) is 19.1 Å². The fourth-order valence-electron chi connectivity index (χ4n) is 3.12. The van der Waals surface area contributed by atoms with E-state index in [4.69, 9.17) is 0 Å². The third kappa shape index (κ3) is 3.04. The highest BCUT2D eigenvalue weighted by molar-refractivity contribution is 6.02. The van der Waals surface area contributed by atoms with Gasteiger partial charge in [-0.15, -0.1) is 6.58 Å². The average Bonchev–Trinajstić information content (AvgIpc) is 2.99. The molecule has 1 saturated heterocycles. The van der Waals surface area contributed by atoms with Crippen LogP contribution in [0.3, 0.4) is 0 Å². The Morgan fingerprint density at radius 2 is 2.29 bits per heavy atom. The van der Waals surface area contributed by atoms with E-state index in [9.17, 15) is 9.59 Å².